The molecule has 0 spiro atoms. The largest absolute Gasteiger partial charge is 0.391 e. The Bertz CT molecular complexity index is 812. The summed E-state index contributed by atoms with van der Waals surface area (Å²) in [6, 6.07) is 10.7. The Hall–Kier alpha value is -2.40. The van der Waals surface area contributed by atoms with Crippen molar-refractivity contribution < 1.29 is 9.50 Å². The SMILES string of the molecule is O[C@H]1CCN(c2ccc(-c3cc4ccc(F)cc4[nH]3)cn2)C1. The minimum absolute atomic E-state index is 0.248. The smallest absolute Gasteiger partial charge is 0.128 e. The van der Waals surface area contributed by atoms with Crippen LogP contribution in [0, 0.1) is 5.82 Å². The molecule has 1 aliphatic rings. The fourth-order valence-corrected chi connectivity index (χ4v) is 2.94. The van der Waals surface area contributed by atoms with Crippen molar-refractivity contribution in [3.05, 3.63) is 48.4 Å². The molecule has 1 atom stereocenters. The minimum atomic E-state index is -0.259. The quantitative estimate of drug-likeness (QED) is 0.764. The lowest BCUT2D eigenvalue weighted by molar-refractivity contribution is 0.198. The highest BCUT2D eigenvalue weighted by Gasteiger charge is 2.21. The summed E-state index contributed by atoms with van der Waals surface area (Å²) in [5, 5.41) is 10.6. The number of H-pyrrole nitrogens is 1. The van der Waals surface area contributed by atoms with E-state index in [0.717, 1.165) is 40.9 Å². The predicted octanol–water partition coefficient (Wildman–Crippen LogP) is 2.94. The number of nitrogens with zero attached hydrogens (tertiary/aromatic N) is 2. The van der Waals surface area contributed by atoms with Crippen LogP contribution in [0.1, 0.15) is 6.42 Å². The average molecular weight is 297 g/mol. The molecule has 22 heavy (non-hydrogen) atoms. The summed E-state index contributed by atoms with van der Waals surface area (Å²) in [5.41, 5.74) is 2.66. The Kier molecular flexibility index (Phi) is 3.08. The number of β-amino-alcohol motifs (C(OH)–C–C–N with tert-alkyl or cyclic N) is 1. The second-order valence-electron chi connectivity index (χ2n) is 5.71. The van der Waals surface area contributed by atoms with Crippen molar-refractivity contribution in [1.82, 2.24) is 9.97 Å². The molecule has 1 saturated heterocycles. The van der Waals surface area contributed by atoms with Gasteiger partial charge in [-0.05, 0) is 42.8 Å². The molecule has 5 heteroatoms. The molecular formula is C17H16FN3O. The van der Waals surface area contributed by atoms with Crippen LogP contribution in [-0.4, -0.2) is 34.3 Å². The molecule has 0 aliphatic carbocycles. The molecule has 3 heterocycles. The van der Waals surface area contributed by atoms with Crippen LogP contribution >= 0.6 is 0 Å². The Morgan fingerprint density at radius 3 is 2.86 bits per heavy atom. The van der Waals surface area contributed by atoms with Gasteiger partial charge in [-0.25, -0.2) is 9.37 Å². The van der Waals surface area contributed by atoms with E-state index in [2.05, 4.69) is 14.9 Å². The maximum Gasteiger partial charge on any atom is 0.128 e. The van der Waals surface area contributed by atoms with E-state index in [9.17, 15) is 9.50 Å². The first-order chi connectivity index (χ1) is 10.7. The molecule has 0 unspecified atom stereocenters. The van der Waals surface area contributed by atoms with E-state index in [1.165, 1.54) is 12.1 Å². The first-order valence-corrected chi connectivity index (χ1v) is 7.37. The third kappa shape index (κ3) is 2.33. The van der Waals surface area contributed by atoms with Crippen molar-refractivity contribution in [2.45, 2.75) is 12.5 Å². The highest BCUT2D eigenvalue weighted by Crippen LogP contribution is 2.26. The number of nitrogens with one attached hydrogen (secondary N) is 1. The van der Waals surface area contributed by atoms with E-state index in [4.69, 9.17) is 0 Å². The van der Waals surface area contributed by atoms with Gasteiger partial charge in [0.05, 0.1) is 6.10 Å². The second kappa shape index (κ2) is 5.10. The normalized spacial score (nSPS) is 18.3. The molecule has 4 rings (SSSR count). The molecule has 0 amide bonds. The number of halogens is 1. The zero-order valence-corrected chi connectivity index (χ0v) is 12.0. The number of anilines is 1. The maximum absolute atomic E-state index is 13.2. The Balaban J connectivity index is 1.64. The van der Waals surface area contributed by atoms with E-state index >= 15 is 0 Å². The number of pyridine rings is 1. The van der Waals surface area contributed by atoms with Gasteiger partial charge in [-0.2, -0.15) is 0 Å². The van der Waals surface area contributed by atoms with Crippen LogP contribution in [0.5, 0.6) is 0 Å². The van der Waals surface area contributed by atoms with Crippen LogP contribution in [0.3, 0.4) is 0 Å². The summed E-state index contributed by atoms with van der Waals surface area (Å²) >= 11 is 0. The van der Waals surface area contributed by atoms with Crippen LogP contribution in [0.2, 0.25) is 0 Å². The van der Waals surface area contributed by atoms with Crippen LogP contribution in [-0.2, 0) is 0 Å². The second-order valence-corrected chi connectivity index (χ2v) is 5.71. The van der Waals surface area contributed by atoms with Crippen LogP contribution in [0.4, 0.5) is 10.2 Å². The molecule has 1 aliphatic heterocycles. The van der Waals surface area contributed by atoms with E-state index in [1.807, 2.05) is 18.2 Å². The fraction of sp³-hybridized carbons (Fsp3) is 0.235. The maximum atomic E-state index is 13.2. The third-order valence-electron chi connectivity index (χ3n) is 4.13. The molecular weight excluding hydrogens is 281 g/mol. The molecule has 1 aromatic carbocycles. The number of aliphatic hydroxyl groups is 1. The number of aromatic amines is 1. The van der Waals surface area contributed by atoms with E-state index in [1.54, 1.807) is 12.3 Å². The number of aliphatic hydroxyl groups excluding tert-OH is 1. The van der Waals surface area contributed by atoms with Gasteiger partial charge in [0.2, 0.25) is 0 Å². The summed E-state index contributed by atoms with van der Waals surface area (Å²) in [7, 11) is 0. The Morgan fingerprint density at radius 2 is 2.14 bits per heavy atom. The van der Waals surface area contributed by atoms with Crippen molar-refractivity contribution in [2.75, 3.05) is 18.0 Å². The topological polar surface area (TPSA) is 52.1 Å². The zero-order chi connectivity index (χ0) is 15.1. The van der Waals surface area contributed by atoms with Crippen molar-refractivity contribution in [2.24, 2.45) is 0 Å². The van der Waals surface area contributed by atoms with Gasteiger partial charge < -0.3 is 15.0 Å². The van der Waals surface area contributed by atoms with Crippen molar-refractivity contribution in [3.8, 4) is 11.3 Å². The van der Waals surface area contributed by atoms with Crippen LogP contribution in [0.25, 0.3) is 22.2 Å². The van der Waals surface area contributed by atoms with Crippen molar-refractivity contribution in [1.29, 1.82) is 0 Å². The van der Waals surface area contributed by atoms with Crippen LogP contribution in [0.15, 0.2) is 42.6 Å². The molecule has 112 valence electrons. The van der Waals surface area contributed by atoms with Gasteiger partial charge in [-0.1, -0.05) is 0 Å². The number of aromatic nitrogens is 2. The molecule has 0 saturated carbocycles. The average Bonchev–Trinajstić information content (AvgIpc) is 3.13. The van der Waals surface area contributed by atoms with Crippen molar-refractivity contribution in [3.63, 3.8) is 0 Å². The van der Waals surface area contributed by atoms with Gasteiger partial charge in [0, 0.05) is 41.4 Å². The van der Waals surface area contributed by atoms with Gasteiger partial charge in [0.25, 0.3) is 0 Å². The van der Waals surface area contributed by atoms with Gasteiger partial charge in [0.15, 0.2) is 0 Å². The van der Waals surface area contributed by atoms with Crippen LogP contribution < -0.4 is 4.90 Å². The van der Waals surface area contributed by atoms with E-state index in [-0.39, 0.29) is 11.9 Å². The molecule has 2 aromatic heterocycles. The number of hydrogen-bond donors (Lipinski definition) is 2. The summed E-state index contributed by atoms with van der Waals surface area (Å²) < 4.78 is 13.2. The zero-order valence-electron chi connectivity index (χ0n) is 12.0. The molecule has 4 nitrogen and oxygen atoms in total. The number of benzene rings is 1. The molecule has 3 aromatic rings. The minimum Gasteiger partial charge on any atom is -0.391 e. The number of hydrogen-bond acceptors (Lipinski definition) is 3. The molecule has 0 bridgehead atoms. The Labute approximate surface area is 127 Å². The lowest BCUT2D eigenvalue weighted by Crippen LogP contribution is -2.21. The third-order valence-corrected chi connectivity index (χ3v) is 4.13. The number of fused-ring (bicyclic) bond motifs is 1. The highest BCUT2D eigenvalue weighted by molar-refractivity contribution is 5.85. The van der Waals surface area contributed by atoms with Crippen molar-refractivity contribution >= 4 is 16.7 Å². The van der Waals surface area contributed by atoms with E-state index < -0.39 is 0 Å². The summed E-state index contributed by atoms with van der Waals surface area (Å²) in [5.74, 6) is 0.629. The summed E-state index contributed by atoms with van der Waals surface area (Å²) in [6.07, 6.45) is 2.34. The summed E-state index contributed by atoms with van der Waals surface area (Å²) in [4.78, 5) is 9.77. The van der Waals surface area contributed by atoms with Gasteiger partial charge in [0.1, 0.15) is 11.6 Å². The van der Waals surface area contributed by atoms with Gasteiger partial charge in [-0.3, -0.25) is 0 Å². The molecule has 0 radical (unpaired) electrons. The number of rotatable bonds is 2. The fourth-order valence-electron chi connectivity index (χ4n) is 2.94. The highest BCUT2D eigenvalue weighted by atomic mass is 19.1. The first kappa shape index (κ1) is 13.3. The Morgan fingerprint density at radius 1 is 1.23 bits per heavy atom. The summed E-state index contributed by atoms with van der Waals surface area (Å²) in [6.45, 7) is 1.47. The van der Waals surface area contributed by atoms with E-state index in [0.29, 0.717) is 6.54 Å². The monoisotopic (exact) mass is 297 g/mol. The molecule has 2 N–H and O–H groups in total. The van der Waals surface area contributed by atoms with Gasteiger partial charge in [-0.15, -0.1) is 0 Å². The lowest BCUT2D eigenvalue weighted by Gasteiger charge is -2.16. The molecule has 1 fully saturated rings. The standard InChI is InChI=1S/C17H16FN3O/c18-13-3-1-11-7-15(20-16(11)8-13)12-2-4-17(19-9-12)21-6-5-14(22)10-21/h1-4,7-9,14,20,22H,5-6,10H2/t14-/m0/s1. The lowest BCUT2D eigenvalue weighted by atomic mass is 10.2. The first-order valence-electron chi connectivity index (χ1n) is 7.37. The predicted molar refractivity (Wildman–Crippen MR) is 84.3 cm³/mol. The van der Waals surface area contributed by atoms with Gasteiger partial charge >= 0.3 is 0 Å².